The summed E-state index contributed by atoms with van der Waals surface area (Å²) < 4.78 is 0. The third kappa shape index (κ3) is 6.52. The van der Waals surface area contributed by atoms with E-state index in [4.69, 9.17) is 16.7 Å². The highest BCUT2D eigenvalue weighted by atomic mass is 35.5. The number of hydrogen-bond donors (Lipinski definition) is 3. The molecule has 7 nitrogen and oxygen atoms in total. The molecule has 3 amide bonds. The molecule has 0 bridgehead atoms. The van der Waals surface area contributed by atoms with Crippen molar-refractivity contribution in [1.82, 2.24) is 10.2 Å². The molecular formula is C19H25ClN2O5. The van der Waals surface area contributed by atoms with Gasteiger partial charge in [-0.2, -0.15) is 0 Å². The van der Waals surface area contributed by atoms with Crippen molar-refractivity contribution in [1.29, 1.82) is 0 Å². The van der Waals surface area contributed by atoms with Crippen LogP contribution in [0.1, 0.15) is 56.6 Å². The molecule has 0 aromatic heterocycles. The summed E-state index contributed by atoms with van der Waals surface area (Å²) in [7, 11) is 0. The van der Waals surface area contributed by atoms with Gasteiger partial charge >= 0.3 is 12.0 Å². The standard InChI is InChI=1S/C19H25ClN2O5/c20-14-9-7-13(8-10-14)16(23)11-12-22-15(18(26)21-19(22)27)5-3-1-2-4-6-17(24)25/h7-10,15-16,23H,1-6,11-12H2,(H,24,25)(H,21,26,27). The van der Waals surface area contributed by atoms with E-state index < -0.39 is 24.1 Å². The van der Waals surface area contributed by atoms with E-state index in [9.17, 15) is 19.5 Å². The predicted octanol–water partition coefficient (Wildman–Crippen LogP) is 3.11. The third-order valence-corrected chi connectivity index (χ3v) is 4.94. The molecule has 1 aliphatic rings. The van der Waals surface area contributed by atoms with Crippen LogP contribution >= 0.6 is 11.6 Å². The summed E-state index contributed by atoms with van der Waals surface area (Å²) in [5, 5.41) is 21.8. The first-order valence-corrected chi connectivity index (χ1v) is 9.53. The number of carboxylic acids is 1. The lowest BCUT2D eigenvalue weighted by Gasteiger charge is -2.23. The molecule has 1 heterocycles. The number of amides is 3. The van der Waals surface area contributed by atoms with E-state index in [1.165, 1.54) is 4.90 Å². The SMILES string of the molecule is O=C(O)CCCCCCC1C(=O)NC(=O)N1CCC(O)c1ccc(Cl)cc1. The number of imide groups is 1. The third-order valence-electron chi connectivity index (χ3n) is 4.69. The van der Waals surface area contributed by atoms with Gasteiger partial charge in [0.1, 0.15) is 6.04 Å². The van der Waals surface area contributed by atoms with E-state index in [1.807, 2.05) is 0 Å². The number of carboxylic acid groups (broad SMARTS) is 1. The lowest BCUT2D eigenvalue weighted by Crippen LogP contribution is -2.36. The summed E-state index contributed by atoms with van der Waals surface area (Å²) in [6.07, 6.45) is 3.19. The van der Waals surface area contributed by atoms with Gasteiger partial charge in [-0.3, -0.25) is 14.9 Å². The van der Waals surface area contributed by atoms with Crippen molar-refractivity contribution in [2.24, 2.45) is 0 Å². The van der Waals surface area contributed by atoms with E-state index in [-0.39, 0.29) is 18.9 Å². The normalized spacial score (nSPS) is 17.9. The summed E-state index contributed by atoms with van der Waals surface area (Å²) >= 11 is 5.84. The minimum atomic E-state index is -0.804. The van der Waals surface area contributed by atoms with Crippen molar-refractivity contribution >= 4 is 29.5 Å². The molecule has 2 unspecified atom stereocenters. The van der Waals surface area contributed by atoms with Crippen molar-refractivity contribution in [3.8, 4) is 0 Å². The Hall–Kier alpha value is -2.12. The predicted molar refractivity (Wildman–Crippen MR) is 100 cm³/mol. The fourth-order valence-electron chi connectivity index (χ4n) is 3.17. The average molecular weight is 397 g/mol. The van der Waals surface area contributed by atoms with Crippen LogP contribution in [0.15, 0.2) is 24.3 Å². The summed E-state index contributed by atoms with van der Waals surface area (Å²) in [6, 6.07) is 5.89. The lowest BCUT2D eigenvalue weighted by atomic mass is 10.0. The number of nitrogens with zero attached hydrogens (tertiary/aromatic N) is 1. The quantitative estimate of drug-likeness (QED) is 0.393. The van der Waals surface area contributed by atoms with Gasteiger partial charge in [-0.05, 0) is 37.0 Å². The van der Waals surface area contributed by atoms with E-state index >= 15 is 0 Å². The van der Waals surface area contributed by atoms with Crippen LogP contribution in [-0.2, 0) is 9.59 Å². The Kier molecular flexibility index (Phi) is 8.06. The molecule has 0 radical (unpaired) electrons. The molecule has 3 N–H and O–H groups in total. The Morgan fingerprint density at radius 3 is 2.48 bits per heavy atom. The van der Waals surface area contributed by atoms with E-state index in [1.54, 1.807) is 24.3 Å². The van der Waals surface area contributed by atoms with Crippen molar-refractivity contribution < 1.29 is 24.6 Å². The Bertz CT molecular complexity index is 665. The van der Waals surface area contributed by atoms with Crippen LogP contribution in [0.25, 0.3) is 0 Å². The van der Waals surface area contributed by atoms with Crippen LogP contribution in [0.4, 0.5) is 4.79 Å². The number of urea groups is 1. The van der Waals surface area contributed by atoms with Crippen LogP contribution in [0.3, 0.4) is 0 Å². The number of carbonyl (C=O) groups excluding carboxylic acids is 2. The van der Waals surface area contributed by atoms with Crippen LogP contribution in [0.2, 0.25) is 5.02 Å². The first-order valence-electron chi connectivity index (χ1n) is 9.15. The molecule has 0 saturated carbocycles. The Morgan fingerprint density at radius 2 is 1.81 bits per heavy atom. The fourth-order valence-corrected chi connectivity index (χ4v) is 3.29. The zero-order chi connectivity index (χ0) is 19.8. The first-order chi connectivity index (χ1) is 12.9. The van der Waals surface area contributed by atoms with Crippen molar-refractivity contribution in [3.05, 3.63) is 34.9 Å². The zero-order valence-corrected chi connectivity index (χ0v) is 15.8. The maximum atomic E-state index is 12.0. The van der Waals surface area contributed by atoms with Gasteiger partial charge in [0.15, 0.2) is 0 Å². The van der Waals surface area contributed by atoms with E-state index in [0.717, 1.165) is 19.3 Å². The van der Waals surface area contributed by atoms with Gasteiger partial charge in [0.2, 0.25) is 0 Å². The monoisotopic (exact) mass is 396 g/mol. The summed E-state index contributed by atoms with van der Waals surface area (Å²) in [5.41, 5.74) is 0.709. The maximum absolute atomic E-state index is 12.0. The number of aliphatic carboxylic acids is 1. The molecule has 1 aromatic rings. The minimum Gasteiger partial charge on any atom is -0.481 e. The summed E-state index contributed by atoms with van der Waals surface area (Å²) in [5.74, 6) is -1.12. The number of nitrogens with one attached hydrogen (secondary N) is 1. The highest BCUT2D eigenvalue weighted by molar-refractivity contribution is 6.30. The van der Waals surface area contributed by atoms with Gasteiger partial charge in [-0.1, -0.05) is 43.0 Å². The zero-order valence-electron chi connectivity index (χ0n) is 15.1. The van der Waals surface area contributed by atoms with Gasteiger partial charge in [0.25, 0.3) is 5.91 Å². The molecule has 1 fully saturated rings. The fraction of sp³-hybridized carbons (Fsp3) is 0.526. The molecule has 8 heteroatoms. The molecule has 27 heavy (non-hydrogen) atoms. The second-order valence-corrected chi connectivity index (χ2v) is 7.14. The summed E-state index contributed by atoms with van der Waals surface area (Å²) in [4.78, 5) is 36.0. The maximum Gasteiger partial charge on any atom is 0.324 e. The van der Waals surface area contributed by atoms with Gasteiger partial charge in [-0.15, -0.1) is 0 Å². The molecule has 1 aliphatic heterocycles. The number of aliphatic hydroxyl groups is 1. The van der Waals surface area contributed by atoms with Crippen LogP contribution in [0, 0.1) is 0 Å². The smallest absolute Gasteiger partial charge is 0.324 e. The van der Waals surface area contributed by atoms with Gasteiger partial charge in [0.05, 0.1) is 6.10 Å². The number of unbranched alkanes of at least 4 members (excludes halogenated alkanes) is 3. The largest absolute Gasteiger partial charge is 0.481 e. The van der Waals surface area contributed by atoms with Crippen molar-refractivity contribution in [2.75, 3.05) is 6.54 Å². The average Bonchev–Trinajstić information content (AvgIpc) is 2.89. The second kappa shape index (κ2) is 10.3. The van der Waals surface area contributed by atoms with Crippen LogP contribution in [-0.4, -0.2) is 45.6 Å². The highest BCUT2D eigenvalue weighted by Gasteiger charge is 2.37. The number of hydrogen-bond acceptors (Lipinski definition) is 4. The summed E-state index contributed by atoms with van der Waals surface area (Å²) in [6.45, 7) is 0.269. The number of halogens is 1. The minimum absolute atomic E-state index is 0.150. The Labute approximate surface area is 163 Å². The van der Waals surface area contributed by atoms with Gasteiger partial charge < -0.3 is 15.1 Å². The van der Waals surface area contributed by atoms with Gasteiger partial charge in [0, 0.05) is 18.0 Å². The lowest BCUT2D eigenvalue weighted by molar-refractivity contribution is -0.137. The first kappa shape index (κ1) is 21.2. The van der Waals surface area contributed by atoms with Crippen LogP contribution < -0.4 is 5.32 Å². The molecular weight excluding hydrogens is 372 g/mol. The molecule has 148 valence electrons. The van der Waals surface area contributed by atoms with Gasteiger partial charge in [-0.25, -0.2) is 4.79 Å². The molecule has 0 aliphatic carbocycles. The second-order valence-electron chi connectivity index (χ2n) is 6.71. The molecule has 1 saturated heterocycles. The van der Waals surface area contributed by atoms with E-state index in [0.29, 0.717) is 29.8 Å². The number of benzene rings is 1. The molecule has 2 atom stereocenters. The Balaban J connectivity index is 1.80. The number of aliphatic hydroxyl groups excluding tert-OH is 1. The highest BCUT2D eigenvalue weighted by Crippen LogP contribution is 2.22. The number of rotatable bonds is 11. The topological polar surface area (TPSA) is 107 Å². The van der Waals surface area contributed by atoms with Crippen molar-refractivity contribution in [3.63, 3.8) is 0 Å². The molecule has 0 spiro atoms. The van der Waals surface area contributed by atoms with E-state index in [2.05, 4.69) is 5.32 Å². The molecule has 1 aromatic carbocycles. The van der Waals surface area contributed by atoms with Crippen molar-refractivity contribution in [2.45, 2.75) is 57.1 Å². The Morgan fingerprint density at radius 1 is 1.15 bits per heavy atom. The number of carbonyl (C=O) groups is 3. The molecule has 2 rings (SSSR count). The van der Waals surface area contributed by atoms with Crippen LogP contribution in [0.5, 0.6) is 0 Å².